The maximum Gasteiger partial charge on any atom is 0.230 e. The van der Waals surface area contributed by atoms with Crippen molar-refractivity contribution in [2.75, 3.05) is 13.7 Å². The van der Waals surface area contributed by atoms with E-state index < -0.39 is 0 Å². The van der Waals surface area contributed by atoms with Gasteiger partial charge in [-0.15, -0.1) is 0 Å². The van der Waals surface area contributed by atoms with Gasteiger partial charge in [-0.3, -0.25) is 14.5 Å². The summed E-state index contributed by atoms with van der Waals surface area (Å²) in [5.74, 6) is 0.529. The van der Waals surface area contributed by atoms with Crippen LogP contribution in [0.15, 0.2) is 24.3 Å². The van der Waals surface area contributed by atoms with Gasteiger partial charge in [0.25, 0.3) is 0 Å². The Labute approximate surface area is 118 Å². The summed E-state index contributed by atoms with van der Waals surface area (Å²) < 4.78 is 5.08. The van der Waals surface area contributed by atoms with Gasteiger partial charge in [-0.05, 0) is 30.5 Å². The molecule has 5 heteroatoms. The molecule has 1 aliphatic heterocycles. The van der Waals surface area contributed by atoms with E-state index in [9.17, 15) is 9.59 Å². The topological polar surface area (TPSA) is 72.6 Å². The van der Waals surface area contributed by atoms with E-state index in [1.54, 1.807) is 7.11 Å². The minimum Gasteiger partial charge on any atom is -0.497 e. The van der Waals surface area contributed by atoms with E-state index in [1.165, 1.54) is 4.90 Å². The summed E-state index contributed by atoms with van der Waals surface area (Å²) in [7, 11) is 1.62. The monoisotopic (exact) mass is 276 g/mol. The Kier molecular flexibility index (Phi) is 4.74. The van der Waals surface area contributed by atoms with Crippen LogP contribution in [0.1, 0.15) is 24.8 Å². The maximum absolute atomic E-state index is 12.1. The second kappa shape index (κ2) is 6.52. The van der Waals surface area contributed by atoms with Gasteiger partial charge in [0.2, 0.25) is 11.8 Å². The average Bonchev–Trinajstić information content (AvgIpc) is 2.45. The third-order valence-electron chi connectivity index (χ3n) is 3.55. The van der Waals surface area contributed by atoms with Gasteiger partial charge in [0.15, 0.2) is 0 Å². The Morgan fingerprint density at radius 2 is 2.10 bits per heavy atom. The molecule has 1 aromatic rings. The molecule has 0 saturated carbocycles. The fraction of sp³-hybridized carbons (Fsp3) is 0.467. The second-order valence-electron chi connectivity index (χ2n) is 5.04. The van der Waals surface area contributed by atoms with E-state index in [0.717, 1.165) is 11.3 Å². The Morgan fingerprint density at radius 3 is 2.70 bits per heavy atom. The van der Waals surface area contributed by atoms with Gasteiger partial charge in [0, 0.05) is 25.4 Å². The summed E-state index contributed by atoms with van der Waals surface area (Å²) in [4.78, 5) is 25.1. The molecule has 0 bridgehead atoms. The number of amides is 2. The molecule has 0 radical (unpaired) electrons. The maximum atomic E-state index is 12.1. The molecule has 1 aromatic carbocycles. The minimum absolute atomic E-state index is 0.104. The van der Waals surface area contributed by atoms with Crippen LogP contribution in [0.25, 0.3) is 0 Å². The third-order valence-corrected chi connectivity index (χ3v) is 3.55. The summed E-state index contributed by atoms with van der Waals surface area (Å²) in [6.45, 7) is 0.446. The van der Waals surface area contributed by atoms with Gasteiger partial charge in [0.05, 0.1) is 7.11 Å². The number of hydrogen-bond acceptors (Lipinski definition) is 4. The zero-order valence-corrected chi connectivity index (χ0v) is 11.7. The number of ether oxygens (including phenoxy) is 1. The molecule has 108 valence electrons. The highest BCUT2D eigenvalue weighted by molar-refractivity contribution is 5.96. The van der Waals surface area contributed by atoms with Crippen LogP contribution in [0.4, 0.5) is 0 Å². The summed E-state index contributed by atoms with van der Waals surface area (Å²) in [6.07, 6.45) is 1.93. The molecule has 1 fully saturated rings. The van der Waals surface area contributed by atoms with E-state index in [2.05, 4.69) is 0 Å². The number of nitrogens with zero attached hydrogens (tertiary/aromatic N) is 1. The first-order chi connectivity index (χ1) is 9.60. The molecule has 1 unspecified atom stereocenters. The van der Waals surface area contributed by atoms with Gasteiger partial charge in [-0.25, -0.2) is 0 Å². The standard InChI is InChI=1S/C15H20N2O3/c1-20-13-5-2-11(3-6-13)4-7-14(18)17-9-8-12(16)10-15(17)19/h2-3,5-6,12H,4,7-10,16H2,1H3. The summed E-state index contributed by atoms with van der Waals surface area (Å²) in [5, 5.41) is 0. The Bertz CT molecular complexity index is 484. The van der Waals surface area contributed by atoms with Crippen molar-refractivity contribution in [1.29, 1.82) is 0 Å². The van der Waals surface area contributed by atoms with E-state index in [0.29, 0.717) is 25.8 Å². The van der Waals surface area contributed by atoms with Crippen molar-refractivity contribution in [2.45, 2.75) is 31.7 Å². The van der Waals surface area contributed by atoms with Crippen molar-refractivity contribution in [1.82, 2.24) is 4.90 Å². The lowest BCUT2D eigenvalue weighted by molar-refractivity contribution is -0.146. The second-order valence-corrected chi connectivity index (χ2v) is 5.04. The van der Waals surface area contributed by atoms with Gasteiger partial charge < -0.3 is 10.5 Å². The minimum atomic E-state index is -0.150. The van der Waals surface area contributed by atoms with Gasteiger partial charge in [-0.1, -0.05) is 12.1 Å². The zero-order valence-electron chi connectivity index (χ0n) is 11.7. The predicted octanol–water partition coefficient (Wildman–Crippen LogP) is 1.10. The molecule has 2 rings (SSSR count). The Morgan fingerprint density at radius 1 is 1.40 bits per heavy atom. The smallest absolute Gasteiger partial charge is 0.230 e. The van der Waals surface area contributed by atoms with Crippen LogP contribution >= 0.6 is 0 Å². The number of piperidine rings is 1. The van der Waals surface area contributed by atoms with Crippen LogP contribution in [-0.4, -0.2) is 36.4 Å². The quantitative estimate of drug-likeness (QED) is 0.894. The van der Waals surface area contributed by atoms with Crippen LogP contribution in [0.2, 0.25) is 0 Å². The molecule has 20 heavy (non-hydrogen) atoms. The Balaban J connectivity index is 1.86. The van der Waals surface area contributed by atoms with Crippen molar-refractivity contribution in [2.24, 2.45) is 5.73 Å². The van der Waals surface area contributed by atoms with Crippen molar-refractivity contribution >= 4 is 11.8 Å². The third kappa shape index (κ3) is 3.57. The highest BCUT2D eigenvalue weighted by Gasteiger charge is 2.27. The first-order valence-electron chi connectivity index (χ1n) is 6.82. The molecule has 1 saturated heterocycles. The zero-order chi connectivity index (χ0) is 14.5. The number of imide groups is 1. The normalized spacial score (nSPS) is 19.0. The molecule has 0 aliphatic carbocycles. The lowest BCUT2D eigenvalue weighted by atomic mass is 10.0. The molecule has 2 amide bonds. The highest BCUT2D eigenvalue weighted by atomic mass is 16.5. The fourth-order valence-electron chi connectivity index (χ4n) is 2.30. The number of benzene rings is 1. The largest absolute Gasteiger partial charge is 0.497 e. The lowest BCUT2D eigenvalue weighted by Crippen LogP contribution is -2.46. The molecule has 0 aromatic heterocycles. The van der Waals surface area contributed by atoms with Crippen LogP contribution in [0, 0.1) is 0 Å². The van der Waals surface area contributed by atoms with E-state index in [4.69, 9.17) is 10.5 Å². The first-order valence-corrected chi connectivity index (χ1v) is 6.82. The number of methoxy groups -OCH3 is 1. The SMILES string of the molecule is COc1ccc(CCC(=O)N2CCC(N)CC2=O)cc1. The van der Waals surface area contributed by atoms with Crippen LogP contribution in [0.3, 0.4) is 0 Å². The molecule has 1 aliphatic rings. The van der Waals surface area contributed by atoms with E-state index in [-0.39, 0.29) is 24.3 Å². The highest BCUT2D eigenvalue weighted by Crippen LogP contribution is 2.15. The summed E-state index contributed by atoms with van der Waals surface area (Å²) in [6, 6.07) is 7.49. The van der Waals surface area contributed by atoms with Gasteiger partial charge >= 0.3 is 0 Å². The molecular formula is C15H20N2O3. The lowest BCUT2D eigenvalue weighted by Gasteiger charge is -2.28. The predicted molar refractivity (Wildman–Crippen MR) is 75.2 cm³/mol. The molecule has 5 nitrogen and oxygen atoms in total. The number of carbonyl (C=O) groups is 2. The van der Waals surface area contributed by atoms with Crippen LogP contribution < -0.4 is 10.5 Å². The number of likely N-dealkylation sites (tertiary alicyclic amines) is 1. The van der Waals surface area contributed by atoms with Crippen molar-refractivity contribution in [3.63, 3.8) is 0 Å². The first kappa shape index (κ1) is 14.5. The molecule has 2 N–H and O–H groups in total. The molecule has 1 heterocycles. The molecule has 0 spiro atoms. The number of nitrogens with two attached hydrogens (primary N) is 1. The number of carbonyl (C=O) groups excluding carboxylic acids is 2. The molecular weight excluding hydrogens is 256 g/mol. The number of aryl methyl sites for hydroxylation is 1. The fourth-order valence-corrected chi connectivity index (χ4v) is 2.30. The Hall–Kier alpha value is -1.88. The van der Waals surface area contributed by atoms with Crippen molar-refractivity contribution in [3.8, 4) is 5.75 Å². The van der Waals surface area contributed by atoms with E-state index in [1.807, 2.05) is 24.3 Å². The van der Waals surface area contributed by atoms with Gasteiger partial charge in [0.1, 0.15) is 5.75 Å². The van der Waals surface area contributed by atoms with Crippen LogP contribution in [0.5, 0.6) is 5.75 Å². The average molecular weight is 276 g/mol. The summed E-state index contributed by atoms with van der Waals surface area (Å²) in [5.41, 5.74) is 6.77. The van der Waals surface area contributed by atoms with Crippen molar-refractivity contribution in [3.05, 3.63) is 29.8 Å². The van der Waals surface area contributed by atoms with Crippen LogP contribution in [-0.2, 0) is 16.0 Å². The molecule has 1 atom stereocenters. The number of rotatable bonds is 4. The van der Waals surface area contributed by atoms with Gasteiger partial charge in [-0.2, -0.15) is 0 Å². The number of hydrogen-bond donors (Lipinski definition) is 1. The van der Waals surface area contributed by atoms with Crippen molar-refractivity contribution < 1.29 is 14.3 Å². The summed E-state index contributed by atoms with van der Waals surface area (Å²) >= 11 is 0. The van der Waals surface area contributed by atoms with E-state index >= 15 is 0 Å².